The first-order chi connectivity index (χ1) is 10.1. The Morgan fingerprint density at radius 2 is 2.05 bits per heavy atom. The van der Waals surface area contributed by atoms with Crippen LogP contribution in [0.15, 0.2) is 29.4 Å². The molecule has 2 rings (SSSR count). The standard InChI is InChI=1S/C14H16FN3O2S/c1-18-13(9-19)16-17-14(18)21-8-2-3-12(20)10-4-6-11(15)7-5-10/h4-7,19H,2-3,8-9H2,1H3. The third kappa shape index (κ3) is 4.12. The number of aromatic nitrogens is 3. The molecule has 0 bridgehead atoms. The number of nitrogens with zero attached hydrogens (tertiary/aromatic N) is 3. The van der Waals surface area contributed by atoms with Crippen LogP contribution in [0.25, 0.3) is 0 Å². The zero-order valence-corrected chi connectivity index (χ0v) is 12.4. The molecule has 0 unspecified atom stereocenters. The van der Waals surface area contributed by atoms with Gasteiger partial charge in [0.2, 0.25) is 0 Å². The van der Waals surface area contributed by atoms with Crippen molar-refractivity contribution < 1.29 is 14.3 Å². The first-order valence-electron chi connectivity index (χ1n) is 6.52. The lowest BCUT2D eigenvalue weighted by atomic mass is 10.1. The number of benzene rings is 1. The van der Waals surface area contributed by atoms with Crippen molar-refractivity contribution in [2.24, 2.45) is 7.05 Å². The van der Waals surface area contributed by atoms with E-state index in [1.165, 1.54) is 36.0 Å². The highest BCUT2D eigenvalue weighted by Crippen LogP contribution is 2.18. The van der Waals surface area contributed by atoms with Gasteiger partial charge in [-0.15, -0.1) is 10.2 Å². The second-order valence-electron chi connectivity index (χ2n) is 4.50. The zero-order valence-electron chi connectivity index (χ0n) is 11.6. The molecule has 0 radical (unpaired) electrons. The molecule has 0 spiro atoms. The average molecular weight is 309 g/mol. The largest absolute Gasteiger partial charge is 0.388 e. The molecule has 2 aromatic rings. The summed E-state index contributed by atoms with van der Waals surface area (Å²) in [5, 5.41) is 17.5. The second-order valence-corrected chi connectivity index (χ2v) is 5.56. The molecule has 1 N–H and O–H groups in total. The highest BCUT2D eigenvalue weighted by atomic mass is 32.2. The number of Topliss-reactive ketones (excluding diaryl/α,β-unsaturated/α-hetero) is 1. The van der Waals surface area contributed by atoms with Crippen molar-refractivity contribution in [2.45, 2.75) is 24.6 Å². The van der Waals surface area contributed by atoms with Crippen LogP contribution in [0.4, 0.5) is 4.39 Å². The van der Waals surface area contributed by atoms with Crippen molar-refractivity contribution in [1.82, 2.24) is 14.8 Å². The lowest BCUT2D eigenvalue weighted by Crippen LogP contribution is -2.01. The smallest absolute Gasteiger partial charge is 0.191 e. The Bertz CT molecular complexity index is 613. The molecule has 0 saturated heterocycles. The summed E-state index contributed by atoms with van der Waals surface area (Å²) in [5.74, 6) is 0.901. The van der Waals surface area contributed by atoms with Crippen LogP contribution in [0.5, 0.6) is 0 Å². The molecule has 5 nitrogen and oxygen atoms in total. The predicted molar refractivity (Wildman–Crippen MR) is 77.6 cm³/mol. The zero-order chi connectivity index (χ0) is 15.2. The van der Waals surface area contributed by atoms with Crippen LogP contribution in [-0.2, 0) is 13.7 Å². The van der Waals surface area contributed by atoms with Gasteiger partial charge in [0.15, 0.2) is 16.8 Å². The van der Waals surface area contributed by atoms with Crippen molar-refractivity contribution in [3.63, 3.8) is 0 Å². The summed E-state index contributed by atoms with van der Waals surface area (Å²) in [6, 6.07) is 5.58. The van der Waals surface area contributed by atoms with Gasteiger partial charge >= 0.3 is 0 Å². The third-order valence-electron chi connectivity index (χ3n) is 3.01. The predicted octanol–water partition coefficient (Wildman–Crippen LogP) is 2.20. The third-order valence-corrected chi connectivity index (χ3v) is 4.12. The number of aliphatic hydroxyl groups is 1. The summed E-state index contributed by atoms with van der Waals surface area (Å²) in [6.07, 6.45) is 1.10. The van der Waals surface area contributed by atoms with Gasteiger partial charge in [0.05, 0.1) is 0 Å². The molecule has 1 heterocycles. The van der Waals surface area contributed by atoms with Crippen LogP contribution in [0.1, 0.15) is 29.0 Å². The first kappa shape index (κ1) is 15.7. The van der Waals surface area contributed by atoms with Crippen molar-refractivity contribution in [3.05, 3.63) is 41.5 Å². The van der Waals surface area contributed by atoms with Gasteiger partial charge in [0.25, 0.3) is 0 Å². The molecule has 7 heteroatoms. The Hall–Kier alpha value is -1.73. The molecule has 0 atom stereocenters. The Balaban J connectivity index is 1.78. The van der Waals surface area contributed by atoms with Gasteiger partial charge < -0.3 is 9.67 Å². The summed E-state index contributed by atoms with van der Waals surface area (Å²) in [6.45, 7) is -0.146. The van der Waals surface area contributed by atoms with E-state index in [1.807, 2.05) is 0 Å². The van der Waals surface area contributed by atoms with E-state index < -0.39 is 0 Å². The molecular formula is C14H16FN3O2S. The average Bonchev–Trinajstić information content (AvgIpc) is 2.84. The fourth-order valence-electron chi connectivity index (χ4n) is 1.78. The monoisotopic (exact) mass is 309 g/mol. The normalized spacial score (nSPS) is 10.8. The van der Waals surface area contributed by atoms with E-state index in [-0.39, 0.29) is 18.2 Å². The first-order valence-corrected chi connectivity index (χ1v) is 7.51. The van der Waals surface area contributed by atoms with Gasteiger partial charge in [-0.05, 0) is 30.7 Å². The molecule has 0 aliphatic carbocycles. The van der Waals surface area contributed by atoms with E-state index in [0.29, 0.717) is 29.4 Å². The Morgan fingerprint density at radius 3 is 2.67 bits per heavy atom. The summed E-state index contributed by atoms with van der Waals surface area (Å²) in [5.41, 5.74) is 0.530. The van der Waals surface area contributed by atoms with Crippen molar-refractivity contribution in [3.8, 4) is 0 Å². The van der Waals surface area contributed by atoms with E-state index >= 15 is 0 Å². The molecule has 0 amide bonds. The van der Waals surface area contributed by atoms with Gasteiger partial charge in [0, 0.05) is 24.8 Å². The molecular weight excluding hydrogens is 293 g/mol. The molecule has 112 valence electrons. The minimum atomic E-state index is -0.343. The van der Waals surface area contributed by atoms with Crippen LogP contribution in [0, 0.1) is 5.82 Å². The van der Waals surface area contributed by atoms with Gasteiger partial charge in [-0.2, -0.15) is 0 Å². The van der Waals surface area contributed by atoms with E-state index in [0.717, 1.165) is 5.75 Å². The van der Waals surface area contributed by atoms with Gasteiger partial charge in [0.1, 0.15) is 12.4 Å². The topological polar surface area (TPSA) is 68.0 Å². The molecule has 1 aromatic carbocycles. The number of hydrogen-bond acceptors (Lipinski definition) is 5. The molecule has 0 aliphatic rings. The maximum atomic E-state index is 12.8. The maximum absolute atomic E-state index is 12.8. The van der Waals surface area contributed by atoms with Crippen LogP contribution in [0.3, 0.4) is 0 Å². The summed E-state index contributed by atoms with van der Waals surface area (Å²) < 4.78 is 14.5. The Morgan fingerprint density at radius 1 is 1.33 bits per heavy atom. The van der Waals surface area contributed by atoms with Crippen molar-refractivity contribution in [1.29, 1.82) is 0 Å². The number of rotatable bonds is 7. The van der Waals surface area contributed by atoms with Crippen LogP contribution >= 0.6 is 11.8 Å². The summed E-state index contributed by atoms with van der Waals surface area (Å²) in [7, 11) is 1.79. The molecule has 0 aliphatic heterocycles. The molecule has 0 fully saturated rings. The lowest BCUT2D eigenvalue weighted by Gasteiger charge is -2.03. The number of ketones is 1. The highest BCUT2D eigenvalue weighted by Gasteiger charge is 2.09. The Labute approximate surface area is 126 Å². The minimum Gasteiger partial charge on any atom is -0.388 e. The van der Waals surface area contributed by atoms with E-state index in [1.54, 1.807) is 11.6 Å². The van der Waals surface area contributed by atoms with E-state index in [4.69, 9.17) is 5.11 Å². The van der Waals surface area contributed by atoms with Crippen LogP contribution < -0.4 is 0 Å². The summed E-state index contributed by atoms with van der Waals surface area (Å²) in [4.78, 5) is 11.9. The Kier molecular flexibility index (Phi) is 5.46. The number of thioether (sulfide) groups is 1. The SMILES string of the molecule is Cn1c(CO)nnc1SCCCC(=O)c1ccc(F)cc1. The second kappa shape index (κ2) is 7.33. The number of aliphatic hydroxyl groups excluding tert-OH is 1. The number of halogens is 1. The molecule has 1 aromatic heterocycles. The molecule has 21 heavy (non-hydrogen) atoms. The van der Waals surface area contributed by atoms with E-state index in [2.05, 4.69) is 10.2 Å². The van der Waals surface area contributed by atoms with Gasteiger partial charge in [-0.3, -0.25) is 4.79 Å². The van der Waals surface area contributed by atoms with Crippen LogP contribution in [0.2, 0.25) is 0 Å². The number of hydrogen-bond donors (Lipinski definition) is 1. The van der Waals surface area contributed by atoms with Gasteiger partial charge in [-0.25, -0.2) is 4.39 Å². The molecule has 0 saturated carbocycles. The van der Waals surface area contributed by atoms with Crippen molar-refractivity contribution >= 4 is 17.5 Å². The van der Waals surface area contributed by atoms with Gasteiger partial charge in [-0.1, -0.05) is 11.8 Å². The fraction of sp³-hybridized carbons (Fsp3) is 0.357. The van der Waals surface area contributed by atoms with E-state index in [9.17, 15) is 9.18 Å². The summed E-state index contributed by atoms with van der Waals surface area (Å²) >= 11 is 1.49. The van der Waals surface area contributed by atoms with Crippen LogP contribution in [-0.4, -0.2) is 31.4 Å². The lowest BCUT2D eigenvalue weighted by molar-refractivity contribution is 0.0982. The minimum absolute atomic E-state index is 0.00427. The fourth-order valence-corrected chi connectivity index (χ4v) is 2.65. The number of carbonyl (C=O) groups is 1. The van der Waals surface area contributed by atoms with Crippen molar-refractivity contribution in [2.75, 3.05) is 5.75 Å². The number of carbonyl (C=O) groups excluding carboxylic acids is 1. The maximum Gasteiger partial charge on any atom is 0.191 e. The highest BCUT2D eigenvalue weighted by molar-refractivity contribution is 7.99. The quantitative estimate of drug-likeness (QED) is 0.482.